The second-order valence-electron chi connectivity index (χ2n) is 4.67. The molecule has 2 rings (SSSR count). The monoisotopic (exact) mass is 351 g/mol. The van der Waals surface area contributed by atoms with Crippen LogP contribution in [0.5, 0.6) is 5.75 Å². The summed E-state index contributed by atoms with van der Waals surface area (Å²) in [7, 11) is 0. The number of ether oxygens (including phenoxy) is 1. The molecule has 0 radical (unpaired) electrons. The van der Waals surface area contributed by atoms with Crippen molar-refractivity contribution in [1.29, 1.82) is 0 Å². The van der Waals surface area contributed by atoms with Crippen molar-refractivity contribution in [2.75, 3.05) is 13.2 Å². The molecule has 4 heteroatoms. The smallest absolute Gasteiger partial charge is 0.137 e. The number of nitrogens with one attached hydrogen (secondary N) is 1. The highest BCUT2D eigenvalue weighted by molar-refractivity contribution is 9.10. The van der Waals surface area contributed by atoms with E-state index in [4.69, 9.17) is 4.74 Å². The molecule has 1 atom stereocenters. The summed E-state index contributed by atoms with van der Waals surface area (Å²) >= 11 is 3.19. The minimum Gasteiger partial charge on any atom is -0.494 e. The van der Waals surface area contributed by atoms with Crippen molar-refractivity contribution in [3.63, 3.8) is 0 Å². The third-order valence-corrected chi connectivity index (χ3v) is 3.83. The van der Waals surface area contributed by atoms with Crippen LogP contribution in [0.15, 0.2) is 46.9 Å². The van der Waals surface area contributed by atoms with E-state index in [-0.39, 0.29) is 11.9 Å². The summed E-state index contributed by atoms with van der Waals surface area (Å²) in [5.41, 5.74) is 1.95. The molecular formula is C17H19BrFNO. The standard InChI is InChI=1S/C17H19BrFNO/c1-3-20-17(13-8-9-15(18)16(19)11-13)12-6-5-7-14(10-12)21-4-2/h5-11,17,20H,3-4H2,1-2H3. The predicted octanol–water partition coefficient (Wildman–Crippen LogP) is 4.69. The van der Waals surface area contributed by atoms with Crippen LogP contribution < -0.4 is 10.1 Å². The van der Waals surface area contributed by atoms with E-state index in [1.165, 1.54) is 0 Å². The van der Waals surface area contributed by atoms with E-state index in [0.717, 1.165) is 23.4 Å². The molecule has 1 N–H and O–H groups in total. The maximum atomic E-state index is 13.8. The van der Waals surface area contributed by atoms with E-state index in [1.54, 1.807) is 12.1 Å². The zero-order valence-corrected chi connectivity index (χ0v) is 13.8. The van der Waals surface area contributed by atoms with Crippen LogP contribution in [0.2, 0.25) is 0 Å². The van der Waals surface area contributed by atoms with Crippen molar-refractivity contribution < 1.29 is 9.13 Å². The number of hydrogen-bond donors (Lipinski definition) is 1. The van der Waals surface area contributed by atoms with Crippen molar-refractivity contribution in [1.82, 2.24) is 5.32 Å². The first-order chi connectivity index (χ1) is 10.2. The molecule has 0 fully saturated rings. The Hall–Kier alpha value is -1.39. The van der Waals surface area contributed by atoms with Gasteiger partial charge in [-0.1, -0.05) is 25.1 Å². The molecular weight excluding hydrogens is 333 g/mol. The van der Waals surface area contributed by atoms with Gasteiger partial charge in [0.1, 0.15) is 11.6 Å². The molecule has 0 bridgehead atoms. The van der Waals surface area contributed by atoms with E-state index >= 15 is 0 Å². The van der Waals surface area contributed by atoms with E-state index in [1.807, 2.05) is 44.2 Å². The Morgan fingerprint density at radius 2 is 1.90 bits per heavy atom. The summed E-state index contributed by atoms with van der Waals surface area (Å²) in [6.45, 7) is 5.41. The van der Waals surface area contributed by atoms with Crippen LogP contribution >= 0.6 is 15.9 Å². The van der Waals surface area contributed by atoms with Gasteiger partial charge in [0, 0.05) is 0 Å². The van der Waals surface area contributed by atoms with Gasteiger partial charge in [-0.05, 0) is 64.8 Å². The Morgan fingerprint density at radius 1 is 1.14 bits per heavy atom. The SMILES string of the molecule is CCNC(c1cccc(OCC)c1)c1ccc(Br)c(F)c1. The van der Waals surface area contributed by atoms with Gasteiger partial charge in [-0.2, -0.15) is 0 Å². The van der Waals surface area contributed by atoms with Gasteiger partial charge in [0.15, 0.2) is 0 Å². The van der Waals surface area contributed by atoms with Crippen molar-refractivity contribution in [3.05, 3.63) is 63.9 Å². The molecule has 0 heterocycles. The first-order valence-corrected chi connectivity index (χ1v) is 7.86. The minimum absolute atomic E-state index is 0.0574. The molecule has 0 aromatic heterocycles. The largest absolute Gasteiger partial charge is 0.494 e. The third kappa shape index (κ3) is 4.05. The normalized spacial score (nSPS) is 12.2. The number of benzene rings is 2. The Balaban J connectivity index is 2.37. The van der Waals surface area contributed by atoms with Gasteiger partial charge in [-0.3, -0.25) is 0 Å². The van der Waals surface area contributed by atoms with Gasteiger partial charge in [-0.15, -0.1) is 0 Å². The molecule has 0 saturated carbocycles. The summed E-state index contributed by atoms with van der Waals surface area (Å²) in [6, 6.07) is 13.1. The van der Waals surface area contributed by atoms with E-state index in [2.05, 4.69) is 21.2 Å². The highest BCUT2D eigenvalue weighted by Gasteiger charge is 2.15. The summed E-state index contributed by atoms with van der Waals surface area (Å²) in [4.78, 5) is 0. The summed E-state index contributed by atoms with van der Waals surface area (Å²) in [5, 5.41) is 3.39. The zero-order valence-electron chi connectivity index (χ0n) is 12.2. The van der Waals surface area contributed by atoms with Gasteiger partial charge in [0.2, 0.25) is 0 Å². The van der Waals surface area contributed by atoms with Gasteiger partial charge in [-0.25, -0.2) is 4.39 Å². The van der Waals surface area contributed by atoms with Gasteiger partial charge >= 0.3 is 0 Å². The molecule has 21 heavy (non-hydrogen) atoms. The summed E-state index contributed by atoms with van der Waals surface area (Å²) < 4.78 is 19.8. The van der Waals surface area contributed by atoms with Gasteiger partial charge in [0.05, 0.1) is 17.1 Å². The zero-order chi connectivity index (χ0) is 15.2. The second kappa shape index (κ2) is 7.57. The highest BCUT2D eigenvalue weighted by atomic mass is 79.9. The maximum absolute atomic E-state index is 13.8. The average molecular weight is 352 g/mol. The Labute approximate surface area is 133 Å². The third-order valence-electron chi connectivity index (χ3n) is 3.19. The van der Waals surface area contributed by atoms with E-state index in [0.29, 0.717) is 11.1 Å². The van der Waals surface area contributed by atoms with Crippen molar-refractivity contribution in [3.8, 4) is 5.75 Å². The lowest BCUT2D eigenvalue weighted by Crippen LogP contribution is -2.22. The maximum Gasteiger partial charge on any atom is 0.137 e. The molecule has 2 aromatic rings. The first-order valence-electron chi connectivity index (χ1n) is 7.06. The fourth-order valence-corrected chi connectivity index (χ4v) is 2.52. The Bertz CT molecular complexity index is 603. The number of halogens is 2. The minimum atomic E-state index is -0.253. The number of hydrogen-bond acceptors (Lipinski definition) is 2. The van der Waals surface area contributed by atoms with E-state index < -0.39 is 0 Å². The first kappa shape index (κ1) is 16.0. The van der Waals surface area contributed by atoms with Gasteiger partial charge < -0.3 is 10.1 Å². The topological polar surface area (TPSA) is 21.3 Å². The van der Waals surface area contributed by atoms with Crippen molar-refractivity contribution in [2.24, 2.45) is 0 Å². The summed E-state index contributed by atoms with van der Waals surface area (Å²) in [6.07, 6.45) is 0. The van der Waals surface area contributed by atoms with Crippen LogP contribution in [0.4, 0.5) is 4.39 Å². The molecule has 2 aromatic carbocycles. The molecule has 0 spiro atoms. The lowest BCUT2D eigenvalue weighted by molar-refractivity contribution is 0.339. The molecule has 1 unspecified atom stereocenters. The fourth-order valence-electron chi connectivity index (χ4n) is 2.27. The van der Waals surface area contributed by atoms with Crippen molar-refractivity contribution >= 4 is 15.9 Å². The molecule has 2 nitrogen and oxygen atoms in total. The number of rotatable bonds is 6. The van der Waals surface area contributed by atoms with E-state index in [9.17, 15) is 4.39 Å². The molecule has 0 aliphatic carbocycles. The predicted molar refractivity (Wildman–Crippen MR) is 87.2 cm³/mol. The Morgan fingerprint density at radius 3 is 2.57 bits per heavy atom. The fraction of sp³-hybridized carbons (Fsp3) is 0.294. The van der Waals surface area contributed by atoms with Crippen molar-refractivity contribution in [2.45, 2.75) is 19.9 Å². The van der Waals surface area contributed by atoms with Crippen LogP contribution in [0.3, 0.4) is 0 Å². The molecule has 112 valence electrons. The van der Waals surface area contributed by atoms with Crippen LogP contribution in [0.1, 0.15) is 31.0 Å². The van der Waals surface area contributed by atoms with Crippen LogP contribution in [-0.4, -0.2) is 13.2 Å². The highest BCUT2D eigenvalue weighted by Crippen LogP contribution is 2.27. The average Bonchev–Trinajstić information content (AvgIpc) is 2.48. The van der Waals surface area contributed by atoms with Gasteiger partial charge in [0.25, 0.3) is 0 Å². The van der Waals surface area contributed by atoms with Crippen LogP contribution in [0.25, 0.3) is 0 Å². The lowest BCUT2D eigenvalue weighted by atomic mass is 9.98. The molecule has 0 amide bonds. The molecule has 0 aliphatic rings. The van der Waals surface area contributed by atoms with Crippen LogP contribution in [-0.2, 0) is 0 Å². The van der Waals surface area contributed by atoms with Crippen LogP contribution in [0, 0.1) is 5.82 Å². The molecule has 0 saturated heterocycles. The Kier molecular flexibility index (Phi) is 5.76. The molecule has 0 aliphatic heterocycles. The summed E-state index contributed by atoms with van der Waals surface area (Å²) in [5.74, 6) is 0.576. The second-order valence-corrected chi connectivity index (χ2v) is 5.52. The quantitative estimate of drug-likeness (QED) is 0.815. The lowest BCUT2D eigenvalue weighted by Gasteiger charge is -2.20.